The molecule has 0 aromatic carbocycles. The molecule has 0 spiro atoms. The highest BCUT2D eigenvalue weighted by Gasteiger charge is 2.10. The zero-order valence-electron chi connectivity index (χ0n) is 11.6. The number of thioether (sulfide) groups is 1. The van der Waals surface area contributed by atoms with Crippen LogP contribution in [0, 0.1) is 0 Å². The first kappa shape index (κ1) is 18.0. The summed E-state index contributed by atoms with van der Waals surface area (Å²) in [6, 6.07) is 0. The molecule has 0 amide bonds. The van der Waals surface area contributed by atoms with Crippen LogP contribution in [0.4, 0.5) is 0 Å². The minimum absolute atomic E-state index is 0.0586. The van der Waals surface area contributed by atoms with Crippen molar-refractivity contribution in [3.05, 3.63) is 0 Å². The summed E-state index contributed by atoms with van der Waals surface area (Å²) in [6.45, 7) is 3.68. The van der Waals surface area contributed by atoms with E-state index in [0.29, 0.717) is 17.9 Å². The predicted octanol–water partition coefficient (Wildman–Crippen LogP) is 3.43. The van der Waals surface area contributed by atoms with E-state index in [1.807, 2.05) is 0 Å². The zero-order chi connectivity index (χ0) is 13.9. The van der Waals surface area contributed by atoms with Crippen molar-refractivity contribution >= 4 is 26.7 Å². The SMILES string of the molecule is CCCCCCCCS(=O)(=O)CCCSC(C)=O. The molecule has 0 saturated carbocycles. The molecule has 0 radical (unpaired) electrons. The van der Waals surface area contributed by atoms with E-state index in [1.165, 1.54) is 37.9 Å². The maximum absolute atomic E-state index is 11.7. The molecule has 0 rings (SSSR count). The Kier molecular flexibility index (Phi) is 10.8. The van der Waals surface area contributed by atoms with Gasteiger partial charge in [-0.1, -0.05) is 50.8 Å². The molecule has 0 aromatic rings. The van der Waals surface area contributed by atoms with Crippen molar-refractivity contribution in [3.8, 4) is 0 Å². The molecule has 0 aliphatic rings. The second-order valence-electron chi connectivity index (χ2n) is 4.61. The highest BCUT2D eigenvalue weighted by atomic mass is 32.2. The van der Waals surface area contributed by atoms with Crippen LogP contribution in [-0.2, 0) is 14.6 Å². The summed E-state index contributed by atoms with van der Waals surface area (Å²) in [7, 11) is -2.90. The van der Waals surface area contributed by atoms with Crippen LogP contribution < -0.4 is 0 Å². The molecular weight excluding hydrogens is 268 g/mol. The molecule has 0 aliphatic heterocycles. The fraction of sp³-hybridized carbons (Fsp3) is 0.923. The van der Waals surface area contributed by atoms with Crippen LogP contribution in [0.15, 0.2) is 0 Å². The Labute approximate surface area is 116 Å². The van der Waals surface area contributed by atoms with Crippen LogP contribution in [0.5, 0.6) is 0 Å². The lowest BCUT2D eigenvalue weighted by Gasteiger charge is -2.04. The Hall–Kier alpha value is -0.0300. The smallest absolute Gasteiger partial charge is 0.185 e. The van der Waals surface area contributed by atoms with E-state index in [2.05, 4.69) is 6.92 Å². The summed E-state index contributed by atoms with van der Waals surface area (Å²) in [4.78, 5) is 10.7. The number of carbonyl (C=O) groups is 1. The molecule has 0 aromatic heterocycles. The summed E-state index contributed by atoms with van der Waals surface area (Å²) in [6.07, 6.45) is 7.20. The monoisotopic (exact) mass is 294 g/mol. The van der Waals surface area contributed by atoms with Crippen molar-refractivity contribution < 1.29 is 13.2 Å². The molecule has 3 nitrogen and oxygen atoms in total. The summed E-state index contributed by atoms with van der Waals surface area (Å²) >= 11 is 1.21. The average Bonchev–Trinajstić information content (AvgIpc) is 2.29. The van der Waals surface area contributed by atoms with Gasteiger partial charge in [-0.3, -0.25) is 4.79 Å². The first-order valence-corrected chi connectivity index (χ1v) is 9.62. The topological polar surface area (TPSA) is 51.2 Å². The lowest BCUT2D eigenvalue weighted by Crippen LogP contribution is -2.12. The first-order chi connectivity index (χ1) is 8.48. The molecule has 0 fully saturated rings. The quantitative estimate of drug-likeness (QED) is 0.548. The highest BCUT2D eigenvalue weighted by Crippen LogP contribution is 2.09. The van der Waals surface area contributed by atoms with Gasteiger partial charge in [-0.25, -0.2) is 8.42 Å². The fourth-order valence-electron chi connectivity index (χ4n) is 1.70. The number of unbranched alkanes of at least 4 members (excludes halogenated alkanes) is 5. The maximum atomic E-state index is 11.7. The molecule has 0 saturated heterocycles. The number of sulfone groups is 1. The molecule has 0 N–H and O–H groups in total. The molecule has 0 aliphatic carbocycles. The molecule has 108 valence electrons. The van der Waals surface area contributed by atoms with Crippen LogP contribution in [0.3, 0.4) is 0 Å². The van der Waals surface area contributed by atoms with Crippen molar-refractivity contribution in [3.63, 3.8) is 0 Å². The van der Waals surface area contributed by atoms with Gasteiger partial charge in [-0.15, -0.1) is 0 Å². The summed E-state index contributed by atoms with van der Waals surface area (Å²) in [5, 5.41) is 0.0586. The van der Waals surface area contributed by atoms with Gasteiger partial charge in [-0.2, -0.15) is 0 Å². The van der Waals surface area contributed by atoms with Gasteiger partial charge in [0.15, 0.2) is 5.12 Å². The van der Waals surface area contributed by atoms with Gasteiger partial charge in [0.25, 0.3) is 0 Å². The van der Waals surface area contributed by atoms with Gasteiger partial charge < -0.3 is 0 Å². The van der Waals surface area contributed by atoms with Crippen molar-refractivity contribution in [2.75, 3.05) is 17.3 Å². The van der Waals surface area contributed by atoms with Crippen molar-refractivity contribution in [1.29, 1.82) is 0 Å². The Bertz CT molecular complexity index is 310. The van der Waals surface area contributed by atoms with E-state index in [-0.39, 0.29) is 10.9 Å². The summed E-state index contributed by atoms with van der Waals surface area (Å²) in [5.41, 5.74) is 0. The fourth-order valence-corrected chi connectivity index (χ4v) is 3.89. The molecule has 0 bridgehead atoms. The second-order valence-corrected chi connectivity index (χ2v) is 8.19. The lowest BCUT2D eigenvalue weighted by molar-refractivity contribution is -0.109. The van der Waals surface area contributed by atoms with Crippen molar-refractivity contribution in [2.24, 2.45) is 0 Å². The van der Waals surface area contributed by atoms with E-state index in [4.69, 9.17) is 0 Å². The molecule has 5 heteroatoms. The van der Waals surface area contributed by atoms with Crippen LogP contribution in [0.1, 0.15) is 58.8 Å². The third-order valence-electron chi connectivity index (χ3n) is 2.71. The first-order valence-electron chi connectivity index (χ1n) is 6.81. The Morgan fingerprint density at radius 2 is 1.50 bits per heavy atom. The van der Waals surface area contributed by atoms with E-state index in [9.17, 15) is 13.2 Å². The van der Waals surface area contributed by atoms with Crippen LogP contribution in [0.25, 0.3) is 0 Å². The maximum Gasteiger partial charge on any atom is 0.185 e. The lowest BCUT2D eigenvalue weighted by atomic mass is 10.1. The molecule has 18 heavy (non-hydrogen) atoms. The molecular formula is C13H26O3S2. The van der Waals surface area contributed by atoms with E-state index in [0.717, 1.165) is 19.3 Å². The van der Waals surface area contributed by atoms with Gasteiger partial charge in [0.05, 0.1) is 11.5 Å². The molecule has 0 atom stereocenters. The van der Waals surface area contributed by atoms with Crippen molar-refractivity contribution in [2.45, 2.75) is 58.8 Å². The largest absolute Gasteiger partial charge is 0.288 e. The van der Waals surface area contributed by atoms with E-state index >= 15 is 0 Å². The average molecular weight is 294 g/mol. The number of carbonyl (C=O) groups excluding carboxylic acids is 1. The Balaban J connectivity index is 3.52. The van der Waals surface area contributed by atoms with Crippen LogP contribution in [0.2, 0.25) is 0 Å². The van der Waals surface area contributed by atoms with Gasteiger partial charge in [-0.05, 0) is 12.8 Å². The molecule has 0 unspecified atom stereocenters. The standard InChI is InChI=1S/C13H26O3S2/c1-3-4-5-6-7-8-11-18(15,16)12-9-10-17-13(2)14/h3-12H2,1-2H3. The minimum Gasteiger partial charge on any atom is -0.288 e. The van der Waals surface area contributed by atoms with Gasteiger partial charge in [0, 0.05) is 12.7 Å². The summed E-state index contributed by atoms with van der Waals surface area (Å²) < 4.78 is 23.3. The third kappa shape index (κ3) is 12.4. The van der Waals surface area contributed by atoms with Crippen LogP contribution in [-0.4, -0.2) is 30.8 Å². The van der Waals surface area contributed by atoms with Gasteiger partial charge in [0.2, 0.25) is 0 Å². The number of hydrogen-bond donors (Lipinski definition) is 0. The predicted molar refractivity (Wildman–Crippen MR) is 79.8 cm³/mol. The van der Waals surface area contributed by atoms with Crippen molar-refractivity contribution in [1.82, 2.24) is 0 Å². The Morgan fingerprint density at radius 1 is 0.944 bits per heavy atom. The van der Waals surface area contributed by atoms with Gasteiger partial charge in [0.1, 0.15) is 9.84 Å². The third-order valence-corrected chi connectivity index (χ3v) is 5.43. The van der Waals surface area contributed by atoms with E-state index < -0.39 is 9.84 Å². The Morgan fingerprint density at radius 3 is 2.11 bits per heavy atom. The van der Waals surface area contributed by atoms with Gasteiger partial charge >= 0.3 is 0 Å². The second kappa shape index (κ2) is 10.9. The number of hydrogen-bond acceptors (Lipinski definition) is 4. The normalized spacial score (nSPS) is 11.7. The summed E-state index contributed by atoms with van der Waals surface area (Å²) in [5.74, 6) is 1.15. The molecule has 0 heterocycles. The minimum atomic E-state index is -2.90. The van der Waals surface area contributed by atoms with Crippen LogP contribution >= 0.6 is 11.8 Å². The highest BCUT2D eigenvalue weighted by molar-refractivity contribution is 8.13. The zero-order valence-corrected chi connectivity index (χ0v) is 13.2. The number of rotatable bonds is 11. The van der Waals surface area contributed by atoms with E-state index in [1.54, 1.807) is 0 Å².